The molecule has 9 heteroatoms. The first kappa shape index (κ1) is 24.6. The van der Waals surface area contributed by atoms with Crippen molar-refractivity contribution in [3.8, 4) is 0 Å². The summed E-state index contributed by atoms with van der Waals surface area (Å²) in [6, 6.07) is 13.7. The van der Waals surface area contributed by atoms with Crippen molar-refractivity contribution in [2.45, 2.75) is 38.3 Å². The number of likely N-dealkylation sites (tertiary alicyclic amines) is 1. The highest BCUT2D eigenvalue weighted by atomic mass is 35.5. The number of rotatable bonds is 7. The van der Waals surface area contributed by atoms with Crippen molar-refractivity contribution in [2.75, 3.05) is 19.7 Å². The van der Waals surface area contributed by atoms with Crippen LogP contribution in [0.25, 0.3) is 10.9 Å². The number of halogens is 1. The van der Waals surface area contributed by atoms with Gasteiger partial charge in [0.15, 0.2) is 0 Å². The van der Waals surface area contributed by atoms with Crippen LogP contribution in [0.1, 0.15) is 35.7 Å². The lowest BCUT2D eigenvalue weighted by Crippen LogP contribution is -2.53. The maximum absolute atomic E-state index is 13.4. The van der Waals surface area contributed by atoms with Crippen LogP contribution in [0.2, 0.25) is 5.02 Å². The first-order valence-corrected chi connectivity index (χ1v) is 12.2. The summed E-state index contributed by atoms with van der Waals surface area (Å²) in [5.74, 6) is -0.682. The molecule has 1 aromatic heterocycles. The zero-order valence-corrected chi connectivity index (χ0v) is 20.3. The lowest BCUT2D eigenvalue weighted by molar-refractivity contribution is -0.123. The third-order valence-corrected chi connectivity index (χ3v) is 6.54. The highest BCUT2D eigenvalue weighted by Gasteiger charge is 2.29. The molecule has 4 rings (SSSR count). The van der Waals surface area contributed by atoms with Gasteiger partial charge in [-0.25, -0.2) is 4.79 Å². The van der Waals surface area contributed by atoms with E-state index in [0.717, 1.165) is 16.5 Å². The molecule has 1 atom stereocenters. The van der Waals surface area contributed by atoms with Gasteiger partial charge in [-0.1, -0.05) is 41.9 Å². The molecule has 0 unspecified atom stereocenters. The predicted molar refractivity (Wildman–Crippen MR) is 134 cm³/mol. The smallest absolute Gasteiger partial charge is 0.409 e. The number of nitrogens with one attached hydrogen (secondary N) is 3. The number of piperidine rings is 1. The molecule has 3 N–H and O–H groups in total. The van der Waals surface area contributed by atoms with E-state index in [9.17, 15) is 14.4 Å². The monoisotopic (exact) mass is 496 g/mol. The van der Waals surface area contributed by atoms with Gasteiger partial charge < -0.3 is 25.3 Å². The Morgan fingerprint density at radius 3 is 2.57 bits per heavy atom. The highest BCUT2D eigenvalue weighted by molar-refractivity contribution is 6.33. The third kappa shape index (κ3) is 5.95. The van der Waals surface area contributed by atoms with Gasteiger partial charge in [-0.15, -0.1) is 0 Å². The number of carbonyl (C=O) groups excluding carboxylic acids is 3. The minimum Gasteiger partial charge on any atom is -0.450 e. The maximum atomic E-state index is 13.4. The number of ether oxygens (including phenoxy) is 1. The second-order valence-electron chi connectivity index (χ2n) is 8.54. The van der Waals surface area contributed by atoms with Gasteiger partial charge >= 0.3 is 6.09 Å². The summed E-state index contributed by atoms with van der Waals surface area (Å²) in [7, 11) is 0. The summed E-state index contributed by atoms with van der Waals surface area (Å²) >= 11 is 6.21. The zero-order chi connectivity index (χ0) is 24.8. The maximum Gasteiger partial charge on any atom is 0.409 e. The van der Waals surface area contributed by atoms with Crippen LogP contribution >= 0.6 is 11.6 Å². The van der Waals surface area contributed by atoms with E-state index in [4.69, 9.17) is 16.3 Å². The lowest BCUT2D eigenvalue weighted by Gasteiger charge is -2.32. The fraction of sp³-hybridized carbons (Fsp3) is 0.346. The molecule has 2 aromatic carbocycles. The van der Waals surface area contributed by atoms with Crippen molar-refractivity contribution in [3.05, 3.63) is 70.9 Å². The predicted octanol–water partition coefficient (Wildman–Crippen LogP) is 3.90. The highest BCUT2D eigenvalue weighted by Crippen LogP contribution is 2.21. The van der Waals surface area contributed by atoms with Crippen molar-refractivity contribution in [1.82, 2.24) is 20.5 Å². The van der Waals surface area contributed by atoms with Gasteiger partial charge in [-0.05, 0) is 43.5 Å². The average molecular weight is 497 g/mol. The Kier molecular flexibility index (Phi) is 7.92. The Hall–Kier alpha value is -3.52. The fourth-order valence-electron chi connectivity index (χ4n) is 4.33. The number of amides is 3. The molecule has 1 saturated heterocycles. The molecule has 1 fully saturated rings. The van der Waals surface area contributed by atoms with E-state index < -0.39 is 11.9 Å². The fourth-order valence-corrected chi connectivity index (χ4v) is 4.56. The molecular formula is C26H29ClN4O4. The summed E-state index contributed by atoms with van der Waals surface area (Å²) in [6.45, 7) is 3.11. The lowest BCUT2D eigenvalue weighted by atomic mass is 10.0. The number of nitrogens with zero attached hydrogens (tertiary/aromatic N) is 1. The van der Waals surface area contributed by atoms with Crippen LogP contribution < -0.4 is 10.6 Å². The number of aromatic amines is 1. The standard InChI is InChI=1S/C26H29ClN4O4/c1-2-35-26(34)31-13-11-18(12-14-31)29-25(33)23(30-24(32)20-8-3-5-9-21(20)27)15-17-16-28-22-10-6-4-7-19(17)22/h3-10,16,18,23,28H,2,11-15H2,1H3,(H,29,33)(H,30,32)/t23-/m0/s1. The number of carbonyl (C=O) groups is 3. The number of H-pyrrole nitrogens is 1. The Morgan fingerprint density at radius 2 is 1.83 bits per heavy atom. The molecule has 0 spiro atoms. The van der Waals surface area contributed by atoms with E-state index in [-0.39, 0.29) is 18.0 Å². The topological polar surface area (TPSA) is 104 Å². The Labute approximate surface area is 209 Å². The van der Waals surface area contributed by atoms with E-state index in [1.54, 1.807) is 36.1 Å². The Bertz CT molecular complexity index is 1200. The van der Waals surface area contributed by atoms with Gasteiger partial charge in [-0.3, -0.25) is 9.59 Å². The van der Waals surface area contributed by atoms with E-state index in [2.05, 4.69) is 15.6 Å². The molecule has 3 amide bonds. The third-order valence-electron chi connectivity index (χ3n) is 6.21. The minimum atomic E-state index is -0.805. The van der Waals surface area contributed by atoms with Crippen molar-refractivity contribution >= 4 is 40.4 Å². The Balaban J connectivity index is 1.47. The van der Waals surface area contributed by atoms with Crippen molar-refractivity contribution < 1.29 is 19.1 Å². The molecule has 1 aliphatic rings. The average Bonchev–Trinajstić information content (AvgIpc) is 3.27. The second kappa shape index (κ2) is 11.3. The van der Waals surface area contributed by atoms with Gasteiger partial charge in [0.2, 0.25) is 5.91 Å². The summed E-state index contributed by atoms with van der Waals surface area (Å²) in [5, 5.41) is 7.26. The van der Waals surface area contributed by atoms with E-state index in [1.807, 2.05) is 30.5 Å². The molecular weight excluding hydrogens is 468 g/mol. The van der Waals surface area contributed by atoms with Crippen LogP contribution in [0.5, 0.6) is 0 Å². The molecule has 8 nitrogen and oxygen atoms in total. The number of para-hydroxylation sites is 1. The largest absolute Gasteiger partial charge is 0.450 e. The summed E-state index contributed by atoms with van der Waals surface area (Å²) in [6.07, 6.45) is 3.07. The number of hydrogen-bond acceptors (Lipinski definition) is 4. The molecule has 2 heterocycles. The summed E-state index contributed by atoms with van der Waals surface area (Å²) in [4.78, 5) is 43.2. The molecule has 184 valence electrons. The quantitative estimate of drug-likeness (QED) is 0.461. The molecule has 3 aromatic rings. The van der Waals surface area contributed by atoms with Crippen LogP contribution in [0.4, 0.5) is 4.79 Å². The number of hydrogen-bond donors (Lipinski definition) is 3. The molecule has 0 bridgehead atoms. The molecule has 0 saturated carbocycles. The van der Waals surface area contributed by atoms with Crippen LogP contribution in [-0.2, 0) is 16.0 Å². The number of fused-ring (bicyclic) bond motifs is 1. The van der Waals surface area contributed by atoms with Crippen LogP contribution in [0.3, 0.4) is 0 Å². The Morgan fingerprint density at radius 1 is 1.11 bits per heavy atom. The van der Waals surface area contributed by atoms with Crippen molar-refractivity contribution in [3.63, 3.8) is 0 Å². The minimum absolute atomic E-state index is 0.101. The number of aromatic nitrogens is 1. The number of benzene rings is 2. The van der Waals surface area contributed by atoms with Crippen molar-refractivity contribution in [1.29, 1.82) is 0 Å². The van der Waals surface area contributed by atoms with Crippen molar-refractivity contribution in [2.24, 2.45) is 0 Å². The molecule has 35 heavy (non-hydrogen) atoms. The summed E-state index contributed by atoms with van der Waals surface area (Å²) in [5.41, 5.74) is 2.21. The molecule has 0 radical (unpaired) electrons. The van der Waals surface area contributed by atoms with Gasteiger partial charge in [0.05, 0.1) is 17.2 Å². The van der Waals surface area contributed by atoms with Crippen LogP contribution in [-0.4, -0.2) is 59.6 Å². The van der Waals surface area contributed by atoms with Gasteiger partial charge in [0.1, 0.15) is 6.04 Å². The van der Waals surface area contributed by atoms with E-state index >= 15 is 0 Å². The van der Waals surface area contributed by atoms with E-state index in [1.165, 1.54) is 0 Å². The molecule has 1 aliphatic heterocycles. The summed E-state index contributed by atoms with van der Waals surface area (Å²) < 4.78 is 5.06. The van der Waals surface area contributed by atoms with Crippen LogP contribution in [0, 0.1) is 0 Å². The second-order valence-corrected chi connectivity index (χ2v) is 8.95. The van der Waals surface area contributed by atoms with Gasteiger partial charge in [-0.2, -0.15) is 0 Å². The van der Waals surface area contributed by atoms with E-state index in [0.29, 0.717) is 49.5 Å². The first-order chi connectivity index (χ1) is 17.0. The van der Waals surface area contributed by atoms with Crippen LogP contribution in [0.15, 0.2) is 54.7 Å². The molecule has 0 aliphatic carbocycles. The normalized spacial score (nSPS) is 15.0. The first-order valence-electron chi connectivity index (χ1n) is 11.8. The zero-order valence-electron chi connectivity index (χ0n) is 19.6. The van der Waals surface area contributed by atoms with Gasteiger partial charge in [0, 0.05) is 42.7 Å². The van der Waals surface area contributed by atoms with Gasteiger partial charge in [0.25, 0.3) is 5.91 Å². The SMILES string of the molecule is CCOC(=O)N1CCC(NC(=O)[C@H](Cc2c[nH]c3ccccc23)NC(=O)c2ccccc2Cl)CC1.